The fourth-order valence-corrected chi connectivity index (χ4v) is 4.05. The predicted molar refractivity (Wildman–Crippen MR) is 86.4 cm³/mol. The van der Waals surface area contributed by atoms with Gasteiger partial charge in [-0.05, 0) is 68.4 Å². The second kappa shape index (κ2) is 9.00. The van der Waals surface area contributed by atoms with Crippen LogP contribution in [0.2, 0.25) is 0 Å². The van der Waals surface area contributed by atoms with E-state index >= 15 is 0 Å². The van der Waals surface area contributed by atoms with Crippen molar-refractivity contribution in [3.05, 3.63) is 0 Å². The second-order valence-corrected chi connectivity index (χ2v) is 7.18. The summed E-state index contributed by atoms with van der Waals surface area (Å²) in [6, 6.07) is 0. The summed E-state index contributed by atoms with van der Waals surface area (Å²) in [7, 11) is 0. The maximum Gasteiger partial charge on any atom is -0.00179 e. The topological polar surface area (TPSA) is 12.0 Å². The highest BCUT2D eigenvalue weighted by molar-refractivity contribution is 4.86. The van der Waals surface area contributed by atoms with Crippen molar-refractivity contribution >= 4 is 0 Å². The van der Waals surface area contributed by atoms with Crippen LogP contribution in [0.1, 0.15) is 73.1 Å². The lowest BCUT2D eigenvalue weighted by Crippen LogP contribution is -2.28. The van der Waals surface area contributed by atoms with Crippen LogP contribution in [0.5, 0.6) is 0 Å². The Hall–Kier alpha value is -0.0400. The molecular formula is C18H37N. The van der Waals surface area contributed by atoms with Gasteiger partial charge < -0.3 is 5.32 Å². The monoisotopic (exact) mass is 267 g/mol. The lowest BCUT2D eigenvalue weighted by Gasteiger charge is -2.27. The van der Waals surface area contributed by atoms with E-state index in [0.717, 1.165) is 29.6 Å². The van der Waals surface area contributed by atoms with E-state index in [1.54, 1.807) is 0 Å². The van der Waals surface area contributed by atoms with E-state index in [4.69, 9.17) is 0 Å². The molecule has 0 amide bonds. The molecule has 3 atom stereocenters. The number of nitrogens with one attached hydrogen (secondary N) is 1. The van der Waals surface area contributed by atoms with E-state index in [1.165, 1.54) is 51.6 Å². The molecule has 3 unspecified atom stereocenters. The molecule has 0 heterocycles. The molecule has 0 aromatic rings. The van der Waals surface area contributed by atoms with Crippen LogP contribution in [0, 0.1) is 29.6 Å². The summed E-state index contributed by atoms with van der Waals surface area (Å²) in [5, 5.41) is 3.71. The van der Waals surface area contributed by atoms with Gasteiger partial charge in [0, 0.05) is 0 Å². The highest BCUT2D eigenvalue weighted by Crippen LogP contribution is 2.42. The molecule has 0 aromatic carbocycles. The molecule has 0 aliphatic heterocycles. The van der Waals surface area contributed by atoms with E-state index in [1.807, 2.05) is 0 Å². The molecule has 1 heteroatoms. The average Bonchev–Trinajstić information content (AvgIpc) is 2.73. The van der Waals surface area contributed by atoms with Crippen LogP contribution in [-0.2, 0) is 0 Å². The summed E-state index contributed by atoms with van der Waals surface area (Å²) in [5.41, 5.74) is 0. The van der Waals surface area contributed by atoms with Crippen molar-refractivity contribution in [3.63, 3.8) is 0 Å². The van der Waals surface area contributed by atoms with Crippen molar-refractivity contribution in [1.82, 2.24) is 5.32 Å². The van der Waals surface area contributed by atoms with Gasteiger partial charge in [0.15, 0.2) is 0 Å². The van der Waals surface area contributed by atoms with Gasteiger partial charge in [0.2, 0.25) is 0 Å². The number of hydrogen-bond donors (Lipinski definition) is 1. The van der Waals surface area contributed by atoms with Crippen LogP contribution < -0.4 is 5.32 Å². The zero-order valence-electron chi connectivity index (χ0n) is 14.0. The van der Waals surface area contributed by atoms with E-state index in [9.17, 15) is 0 Å². The molecule has 0 saturated heterocycles. The summed E-state index contributed by atoms with van der Waals surface area (Å²) >= 11 is 0. The average molecular weight is 268 g/mol. The van der Waals surface area contributed by atoms with Gasteiger partial charge in [-0.25, -0.2) is 0 Å². The van der Waals surface area contributed by atoms with Crippen molar-refractivity contribution in [1.29, 1.82) is 0 Å². The molecule has 1 aliphatic carbocycles. The summed E-state index contributed by atoms with van der Waals surface area (Å²) in [4.78, 5) is 0. The highest BCUT2D eigenvalue weighted by Gasteiger charge is 2.35. The zero-order valence-corrected chi connectivity index (χ0v) is 14.0. The Bertz CT molecular complexity index is 220. The predicted octanol–water partition coefficient (Wildman–Crippen LogP) is 5.11. The minimum absolute atomic E-state index is 0.853. The third kappa shape index (κ3) is 5.45. The molecule has 0 bridgehead atoms. The number of rotatable bonds is 9. The van der Waals surface area contributed by atoms with Crippen molar-refractivity contribution in [2.24, 2.45) is 29.6 Å². The van der Waals surface area contributed by atoms with Crippen LogP contribution in [-0.4, -0.2) is 13.1 Å². The molecule has 1 fully saturated rings. The Kier molecular flexibility index (Phi) is 8.06. The third-order valence-corrected chi connectivity index (χ3v) is 5.49. The Morgan fingerprint density at radius 2 is 1.79 bits per heavy atom. The van der Waals surface area contributed by atoms with Crippen LogP contribution >= 0.6 is 0 Å². The summed E-state index contributed by atoms with van der Waals surface area (Å²) in [5.74, 6) is 4.69. The molecule has 0 spiro atoms. The molecule has 1 rings (SSSR count). The minimum atomic E-state index is 0.853. The zero-order chi connectivity index (χ0) is 14.3. The molecule has 1 saturated carbocycles. The molecule has 1 N–H and O–H groups in total. The Labute approximate surface area is 121 Å². The van der Waals surface area contributed by atoms with Gasteiger partial charge in [0.05, 0.1) is 0 Å². The number of hydrogen-bond acceptors (Lipinski definition) is 1. The first-order valence-corrected chi connectivity index (χ1v) is 8.80. The van der Waals surface area contributed by atoms with E-state index in [2.05, 4.69) is 39.9 Å². The molecule has 1 aliphatic rings. The SMILES string of the molecule is CCC(CC)C1CCC(CNCCCC(C)C)C1C. The highest BCUT2D eigenvalue weighted by atomic mass is 14.9. The Balaban J connectivity index is 2.22. The lowest BCUT2D eigenvalue weighted by atomic mass is 9.79. The molecule has 0 aromatic heterocycles. The molecule has 1 nitrogen and oxygen atoms in total. The normalized spacial score (nSPS) is 27.6. The van der Waals surface area contributed by atoms with Gasteiger partial charge in [0.1, 0.15) is 0 Å². The van der Waals surface area contributed by atoms with Crippen LogP contribution in [0.4, 0.5) is 0 Å². The van der Waals surface area contributed by atoms with Crippen LogP contribution in [0.3, 0.4) is 0 Å². The van der Waals surface area contributed by atoms with E-state index < -0.39 is 0 Å². The van der Waals surface area contributed by atoms with Gasteiger partial charge in [-0.1, -0.05) is 47.5 Å². The summed E-state index contributed by atoms with van der Waals surface area (Å²) in [6.07, 6.45) is 8.39. The van der Waals surface area contributed by atoms with Gasteiger partial charge >= 0.3 is 0 Å². The molecular weight excluding hydrogens is 230 g/mol. The second-order valence-electron chi connectivity index (χ2n) is 7.18. The molecule has 19 heavy (non-hydrogen) atoms. The fourth-order valence-electron chi connectivity index (χ4n) is 4.05. The quantitative estimate of drug-likeness (QED) is 0.572. The Morgan fingerprint density at radius 3 is 2.37 bits per heavy atom. The maximum atomic E-state index is 3.71. The van der Waals surface area contributed by atoms with Crippen LogP contribution in [0.25, 0.3) is 0 Å². The first kappa shape index (κ1) is 17.0. The molecule has 0 radical (unpaired) electrons. The lowest BCUT2D eigenvalue weighted by molar-refractivity contribution is 0.229. The van der Waals surface area contributed by atoms with Crippen LogP contribution in [0.15, 0.2) is 0 Å². The Morgan fingerprint density at radius 1 is 1.11 bits per heavy atom. The largest absolute Gasteiger partial charge is 0.316 e. The van der Waals surface area contributed by atoms with Gasteiger partial charge in [-0.3, -0.25) is 0 Å². The van der Waals surface area contributed by atoms with Crippen molar-refractivity contribution < 1.29 is 0 Å². The standard InChI is InChI=1S/C18H37N/c1-6-16(7-2)18-11-10-17(15(18)5)13-19-12-8-9-14(3)4/h14-19H,6-13H2,1-5H3. The summed E-state index contributed by atoms with van der Waals surface area (Å²) < 4.78 is 0. The van der Waals surface area contributed by atoms with Gasteiger partial charge in [0.25, 0.3) is 0 Å². The van der Waals surface area contributed by atoms with E-state index in [0.29, 0.717) is 0 Å². The first-order chi connectivity index (χ1) is 9.10. The van der Waals surface area contributed by atoms with Crippen molar-refractivity contribution in [2.75, 3.05) is 13.1 Å². The van der Waals surface area contributed by atoms with E-state index in [-0.39, 0.29) is 0 Å². The third-order valence-electron chi connectivity index (χ3n) is 5.49. The smallest absolute Gasteiger partial charge is 0.00179 e. The fraction of sp³-hybridized carbons (Fsp3) is 1.00. The maximum absolute atomic E-state index is 3.71. The van der Waals surface area contributed by atoms with Crippen molar-refractivity contribution in [2.45, 2.75) is 73.1 Å². The summed E-state index contributed by atoms with van der Waals surface area (Å²) in [6.45, 7) is 14.4. The molecule has 114 valence electrons. The van der Waals surface area contributed by atoms with Gasteiger partial charge in [-0.2, -0.15) is 0 Å². The first-order valence-electron chi connectivity index (χ1n) is 8.80. The van der Waals surface area contributed by atoms with Gasteiger partial charge in [-0.15, -0.1) is 0 Å². The minimum Gasteiger partial charge on any atom is -0.316 e. The van der Waals surface area contributed by atoms with Crippen molar-refractivity contribution in [3.8, 4) is 0 Å².